The van der Waals surface area contributed by atoms with Gasteiger partial charge in [-0.15, -0.1) is 0 Å². The summed E-state index contributed by atoms with van der Waals surface area (Å²) in [5.74, 6) is 2.03. The van der Waals surface area contributed by atoms with Gasteiger partial charge in [-0.1, -0.05) is 31.1 Å². The van der Waals surface area contributed by atoms with Crippen LogP contribution in [0.4, 0.5) is 0 Å². The average molecular weight is 367 g/mol. The first-order valence-corrected chi connectivity index (χ1v) is 9.56. The minimum atomic E-state index is -0.0605. The number of benzene rings is 1. The first-order valence-electron chi connectivity index (χ1n) is 9.56. The number of hydrogen-bond acceptors (Lipinski definition) is 5. The van der Waals surface area contributed by atoms with Crippen molar-refractivity contribution in [2.75, 3.05) is 13.1 Å². The SMILES string of the molecule is Cc1ccc2c(C)c(C(=O)N3CCC[C@H](c4nc(C(C)C)no4)C3)oc2c1. The van der Waals surface area contributed by atoms with Gasteiger partial charge in [0.25, 0.3) is 5.91 Å². The van der Waals surface area contributed by atoms with Crippen LogP contribution in [0.1, 0.15) is 71.9 Å². The Morgan fingerprint density at radius 1 is 1.30 bits per heavy atom. The van der Waals surface area contributed by atoms with Gasteiger partial charge in [-0.2, -0.15) is 4.98 Å². The number of likely N-dealkylation sites (tertiary alicyclic amines) is 1. The zero-order valence-corrected chi connectivity index (χ0v) is 16.3. The van der Waals surface area contributed by atoms with Gasteiger partial charge in [0.2, 0.25) is 5.89 Å². The maximum absolute atomic E-state index is 13.1. The minimum Gasteiger partial charge on any atom is -0.451 e. The number of nitrogens with zero attached hydrogens (tertiary/aromatic N) is 3. The molecule has 0 N–H and O–H groups in total. The van der Waals surface area contributed by atoms with Crippen LogP contribution < -0.4 is 0 Å². The molecule has 1 aliphatic rings. The summed E-state index contributed by atoms with van der Waals surface area (Å²) < 4.78 is 11.4. The molecule has 142 valence electrons. The summed E-state index contributed by atoms with van der Waals surface area (Å²) in [4.78, 5) is 19.5. The second-order valence-electron chi connectivity index (χ2n) is 7.79. The van der Waals surface area contributed by atoms with Gasteiger partial charge in [0.1, 0.15) is 5.58 Å². The third-order valence-electron chi connectivity index (χ3n) is 5.32. The van der Waals surface area contributed by atoms with Crippen LogP contribution in [0.15, 0.2) is 27.1 Å². The van der Waals surface area contributed by atoms with Crippen molar-refractivity contribution >= 4 is 16.9 Å². The lowest BCUT2D eigenvalue weighted by molar-refractivity contribution is 0.0665. The molecule has 0 aliphatic carbocycles. The molecule has 0 spiro atoms. The fraction of sp³-hybridized carbons (Fsp3) is 0.476. The molecule has 1 fully saturated rings. The maximum Gasteiger partial charge on any atom is 0.289 e. The van der Waals surface area contributed by atoms with E-state index >= 15 is 0 Å². The Kier molecular flexibility index (Phi) is 4.50. The number of furan rings is 1. The van der Waals surface area contributed by atoms with E-state index in [2.05, 4.69) is 10.1 Å². The third-order valence-corrected chi connectivity index (χ3v) is 5.32. The van der Waals surface area contributed by atoms with Crippen LogP contribution in [-0.2, 0) is 0 Å². The van der Waals surface area contributed by atoms with Gasteiger partial charge in [-0.3, -0.25) is 4.79 Å². The van der Waals surface area contributed by atoms with E-state index in [0.29, 0.717) is 18.2 Å². The van der Waals surface area contributed by atoms with Gasteiger partial charge < -0.3 is 13.8 Å². The van der Waals surface area contributed by atoms with E-state index in [1.807, 2.05) is 50.8 Å². The Labute approximate surface area is 158 Å². The number of piperidine rings is 1. The molecule has 3 aromatic rings. The lowest BCUT2D eigenvalue weighted by Crippen LogP contribution is -2.39. The Bertz CT molecular complexity index is 986. The van der Waals surface area contributed by atoms with Gasteiger partial charge in [-0.05, 0) is 38.3 Å². The lowest BCUT2D eigenvalue weighted by Gasteiger charge is -2.30. The maximum atomic E-state index is 13.1. The van der Waals surface area contributed by atoms with Gasteiger partial charge in [-0.25, -0.2) is 0 Å². The van der Waals surface area contributed by atoms with Crippen LogP contribution in [0.25, 0.3) is 11.0 Å². The van der Waals surface area contributed by atoms with Crippen molar-refractivity contribution in [1.29, 1.82) is 0 Å². The minimum absolute atomic E-state index is 0.0605. The molecule has 27 heavy (non-hydrogen) atoms. The number of hydrogen-bond donors (Lipinski definition) is 0. The molecule has 1 aliphatic heterocycles. The highest BCUT2D eigenvalue weighted by atomic mass is 16.5. The number of aryl methyl sites for hydroxylation is 2. The number of aromatic nitrogens is 2. The van der Waals surface area contributed by atoms with E-state index in [-0.39, 0.29) is 17.7 Å². The van der Waals surface area contributed by atoms with Crippen LogP contribution in [-0.4, -0.2) is 34.0 Å². The van der Waals surface area contributed by atoms with Crippen LogP contribution in [0.3, 0.4) is 0 Å². The Hall–Kier alpha value is -2.63. The van der Waals surface area contributed by atoms with Crippen LogP contribution >= 0.6 is 0 Å². The highest BCUT2D eigenvalue weighted by molar-refractivity contribution is 5.99. The quantitative estimate of drug-likeness (QED) is 0.678. The molecule has 2 aromatic heterocycles. The van der Waals surface area contributed by atoms with Crippen molar-refractivity contribution in [2.45, 2.75) is 52.4 Å². The Morgan fingerprint density at radius 3 is 2.85 bits per heavy atom. The van der Waals surface area contributed by atoms with Gasteiger partial charge in [0.05, 0.1) is 5.92 Å². The van der Waals surface area contributed by atoms with Gasteiger partial charge >= 0.3 is 0 Å². The molecule has 1 saturated heterocycles. The van der Waals surface area contributed by atoms with Crippen molar-refractivity contribution in [3.8, 4) is 0 Å². The van der Waals surface area contributed by atoms with E-state index in [1.165, 1.54) is 0 Å². The van der Waals surface area contributed by atoms with Crippen LogP contribution in [0, 0.1) is 13.8 Å². The standard InChI is InChI=1S/C21H25N3O3/c1-12(2)19-22-20(27-23-19)15-6-5-9-24(11-15)21(25)18-14(4)16-8-7-13(3)10-17(16)26-18/h7-8,10,12,15H,5-6,9,11H2,1-4H3/t15-/m0/s1. The second-order valence-corrected chi connectivity index (χ2v) is 7.79. The first-order chi connectivity index (χ1) is 12.9. The largest absolute Gasteiger partial charge is 0.451 e. The zero-order valence-electron chi connectivity index (χ0n) is 16.3. The van der Waals surface area contributed by atoms with Crippen LogP contribution in [0.2, 0.25) is 0 Å². The smallest absolute Gasteiger partial charge is 0.289 e. The topological polar surface area (TPSA) is 72.4 Å². The molecule has 1 atom stereocenters. The fourth-order valence-corrected chi connectivity index (χ4v) is 3.69. The highest BCUT2D eigenvalue weighted by Crippen LogP contribution is 2.31. The molecule has 0 bridgehead atoms. The summed E-state index contributed by atoms with van der Waals surface area (Å²) in [5, 5.41) is 5.06. The number of rotatable bonds is 3. The zero-order chi connectivity index (χ0) is 19.1. The van der Waals surface area contributed by atoms with Gasteiger partial charge in [0, 0.05) is 30.0 Å². The van der Waals surface area contributed by atoms with Crippen LogP contribution in [0.5, 0.6) is 0 Å². The average Bonchev–Trinajstić information content (AvgIpc) is 3.27. The van der Waals surface area contributed by atoms with E-state index in [4.69, 9.17) is 8.94 Å². The molecule has 0 saturated carbocycles. The molecule has 4 rings (SSSR count). The first kappa shape index (κ1) is 17.8. The number of carbonyl (C=O) groups is 1. The number of fused-ring (bicyclic) bond motifs is 1. The molecule has 0 unspecified atom stereocenters. The fourth-order valence-electron chi connectivity index (χ4n) is 3.69. The summed E-state index contributed by atoms with van der Waals surface area (Å²) in [7, 11) is 0. The molecule has 3 heterocycles. The van der Waals surface area contributed by atoms with E-state index in [1.54, 1.807) is 0 Å². The molecule has 6 heteroatoms. The summed E-state index contributed by atoms with van der Waals surface area (Å²) >= 11 is 0. The van der Waals surface area contributed by atoms with Crippen molar-refractivity contribution in [3.05, 3.63) is 46.8 Å². The summed E-state index contributed by atoms with van der Waals surface area (Å²) in [6.45, 7) is 9.34. The predicted octanol–water partition coefficient (Wildman–Crippen LogP) is 4.58. The molecule has 6 nitrogen and oxygen atoms in total. The van der Waals surface area contributed by atoms with E-state index in [9.17, 15) is 4.79 Å². The number of amides is 1. The Balaban J connectivity index is 1.57. The lowest BCUT2D eigenvalue weighted by atomic mass is 9.97. The summed E-state index contributed by atoms with van der Waals surface area (Å²) in [5.41, 5.74) is 2.78. The van der Waals surface area contributed by atoms with Crippen molar-refractivity contribution in [2.24, 2.45) is 0 Å². The normalized spacial score (nSPS) is 17.8. The molecule has 1 aromatic carbocycles. The molecule has 0 radical (unpaired) electrons. The summed E-state index contributed by atoms with van der Waals surface area (Å²) in [6, 6.07) is 6.03. The number of carbonyl (C=O) groups excluding carboxylic acids is 1. The van der Waals surface area contributed by atoms with Crippen molar-refractivity contribution in [1.82, 2.24) is 15.0 Å². The van der Waals surface area contributed by atoms with Crippen molar-refractivity contribution in [3.63, 3.8) is 0 Å². The highest BCUT2D eigenvalue weighted by Gasteiger charge is 2.31. The monoisotopic (exact) mass is 367 g/mol. The Morgan fingerprint density at radius 2 is 2.11 bits per heavy atom. The third kappa shape index (κ3) is 3.24. The predicted molar refractivity (Wildman–Crippen MR) is 102 cm³/mol. The van der Waals surface area contributed by atoms with Gasteiger partial charge in [0.15, 0.2) is 11.6 Å². The van der Waals surface area contributed by atoms with E-state index in [0.717, 1.165) is 47.3 Å². The molecular formula is C21H25N3O3. The summed E-state index contributed by atoms with van der Waals surface area (Å²) in [6.07, 6.45) is 1.86. The van der Waals surface area contributed by atoms with E-state index < -0.39 is 0 Å². The molecule has 1 amide bonds. The van der Waals surface area contributed by atoms with Crippen molar-refractivity contribution < 1.29 is 13.7 Å². The second kappa shape index (κ2) is 6.83. The molecular weight excluding hydrogens is 342 g/mol.